The smallest absolute Gasteiger partial charge is 0.407 e. The molecule has 0 radical (unpaired) electrons. The van der Waals surface area contributed by atoms with Crippen molar-refractivity contribution in [3.8, 4) is 11.1 Å². The molecule has 0 unspecified atom stereocenters. The van der Waals surface area contributed by atoms with E-state index in [1.807, 2.05) is 38.1 Å². The summed E-state index contributed by atoms with van der Waals surface area (Å²) in [6.45, 7) is 4.07. The van der Waals surface area contributed by atoms with Gasteiger partial charge < -0.3 is 20.5 Å². The average molecular weight is 477 g/mol. The molecule has 1 aliphatic carbocycles. The largest absolute Gasteiger partial charge is 0.476 e. The molecule has 0 spiro atoms. The first-order valence-electron chi connectivity index (χ1n) is 11.3. The molecule has 1 heterocycles. The molecular formula is C26H28N4O5. The van der Waals surface area contributed by atoms with Crippen LogP contribution in [0.5, 0.6) is 0 Å². The summed E-state index contributed by atoms with van der Waals surface area (Å²) in [7, 11) is 1.57. The van der Waals surface area contributed by atoms with Crippen LogP contribution in [0.3, 0.4) is 0 Å². The van der Waals surface area contributed by atoms with Crippen LogP contribution in [-0.2, 0) is 16.6 Å². The number of fused-ring (bicyclic) bond motifs is 3. The molecule has 0 saturated heterocycles. The Labute approximate surface area is 203 Å². The molecule has 0 fully saturated rings. The second kappa shape index (κ2) is 9.61. The van der Waals surface area contributed by atoms with Crippen molar-refractivity contribution in [1.82, 2.24) is 15.1 Å². The number of carbonyl (C=O) groups excluding carboxylic acids is 2. The highest BCUT2D eigenvalue weighted by Crippen LogP contribution is 2.44. The number of amides is 2. The minimum atomic E-state index is -1.22. The number of nitrogens with one attached hydrogen (secondary N) is 2. The molecule has 0 aliphatic heterocycles. The number of hydrogen-bond donors (Lipinski definition) is 3. The molecule has 9 heteroatoms. The minimum absolute atomic E-state index is 0.0325. The van der Waals surface area contributed by atoms with Crippen LogP contribution in [0.1, 0.15) is 47.8 Å². The summed E-state index contributed by atoms with van der Waals surface area (Å²) in [4.78, 5) is 36.2. The van der Waals surface area contributed by atoms with E-state index in [-0.39, 0.29) is 42.8 Å². The highest BCUT2D eigenvalue weighted by molar-refractivity contribution is 5.99. The molecular weight excluding hydrogens is 448 g/mol. The minimum Gasteiger partial charge on any atom is -0.476 e. The Kier molecular flexibility index (Phi) is 6.59. The topological polar surface area (TPSA) is 123 Å². The van der Waals surface area contributed by atoms with Crippen LogP contribution in [0.15, 0.2) is 54.7 Å². The van der Waals surface area contributed by atoms with Crippen LogP contribution < -0.4 is 10.6 Å². The van der Waals surface area contributed by atoms with E-state index in [0.29, 0.717) is 0 Å². The van der Waals surface area contributed by atoms with Gasteiger partial charge in [-0.2, -0.15) is 5.10 Å². The second-order valence-electron chi connectivity index (χ2n) is 9.44. The number of aryl methyl sites for hydroxylation is 1. The molecule has 182 valence electrons. The van der Waals surface area contributed by atoms with Crippen LogP contribution in [0, 0.1) is 5.41 Å². The van der Waals surface area contributed by atoms with Crippen LogP contribution in [0.25, 0.3) is 11.1 Å². The van der Waals surface area contributed by atoms with Gasteiger partial charge in [-0.1, -0.05) is 62.4 Å². The van der Waals surface area contributed by atoms with Gasteiger partial charge in [-0.25, -0.2) is 9.59 Å². The van der Waals surface area contributed by atoms with Gasteiger partial charge in [-0.15, -0.1) is 0 Å². The molecule has 0 saturated carbocycles. The summed E-state index contributed by atoms with van der Waals surface area (Å²) in [6, 6.07) is 16.2. The number of benzene rings is 2. The summed E-state index contributed by atoms with van der Waals surface area (Å²) >= 11 is 0. The quantitative estimate of drug-likeness (QED) is 0.451. The van der Waals surface area contributed by atoms with Crippen LogP contribution >= 0.6 is 0 Å². The third-order valence-electron chi connectivity index (χ3n) is 6.00. The summed E-state index contributed by atoms with van der Waals surface area (Å²) in [6.07, 6.45) is 0.939. The van der Waals surface area contributed by atoms with Crippen molar-refractivity contribution >= 4 is 23.7 Å². The molecule has 3 aromatic rings. The maximum Gasteiger partial charge on any atom is 0.407 e. The fraction of sp³-hybridized carbons (Fsp3) is 0.308. The molecule has 4 rings (SSSR count). The van der Waals surface area contributed by atoms with Crippen molar-refractivity contribution in [1.29, 1.82) is 0 Å². The van der Waals surface area contributed by atoms with E-state index in [9.17, 15) is 19.5 Å². The molecule has 35 heavy (non-hydrogen) atoms. The van der Waals surface area contributed by atoms with Crippen molar-refractivity contribution in [3.63, 3.8) is 0 Å². The normalized spacial score (nSPS) is 12.5. The van der Waals surface area contributed by atoms with E-state index in [1.54, 1.807) is 7.05 Å². The van der Waals surface area contributed by atoms with Crippen LogP contribution in [0.4, 0.5) is 10.5 Å². The van der Waals surface area contributed by atoms with Gasteiger partial charge in [-0.3, -0.25) is 9.48 Å². The van der Waals surface area contributed by atoms with Crippen molar-refractivity contribution in [3.05, 3.63) is 71.5 Å². The molecule has 2 aromatic carbocycles. The number of alkyl carbamates (subject to hydrolysis) is 1. The number of carbonyl (C=O) groups is 3. The molecule has 0 atom stereocenters. The van der Waals surface area contributed by atoms with E-state index in [1.165, 1.54) is 10.9 Å². The van der Waals surface area contributed by atoms with E-state index >= 15 is 0 Å². The zero-order valence-electron chi connectivity index (χ0n) is 19.9. The first kappa shape index (κ1) is 24.0. The standard InChI is InChI=1S/C26H28N4O5/c1-26(2,12-22(31)28-21-13-30(3)29-23(21)24(32)33)15-27-25(34)35-14-20-18-10-6-4-8-16(18)17-9-5-7-11-19(17)20/h4-11,13,20H,12,14-15H2,1-3H3,(H,27,34)(H,28,31)(H,32,33). The predicted molar refractivity (Wildman–Crippen MR) is 130 cm³/mol. The Morgan fingerprint density at radius 2 is 1.66 bits per heavy atom. The summed E-state index contributed by atoms with van der Waals surface area (Å²) in [5.41, 5.74) is 3.89. The summed E-state index contributed by atoms with van der Waals surface area (Å²) in [5, 5.41) is 18.4. The Balaban J connectivity index is 1.30. The monoisotopic (exact) mass is 476 g/mol. The fourth-order valence-corrected chi connectivity index (χ4v) is 4.39. The van der Waals surface area contributed by atoms with Crippen LogP contribution in [0.2, 0.25) is 0 Å². The van der Waals surface area contributed by atoms with E-state index < -0.39 is 17.5 Å². The first-order valence-corrected chi connectivity index (χ1v) is 11.3. The van der Waals surface area contributed by atoms with Gasteiger partial charge in [0.05, 0.1) is 5.69 Å². The average Bonchev–Trinajstić information content (AvgIpc) is 3.33. The summed E-state index contributed by atoms with van der Waals surface area (Å²) < 4.78 is 6.88. The lowest BCUT2D eigenvalue weighted by atomic mass is 9.89. The van der Waals surface area contributed by atoms with E-state index in [0.717, 1.165) is 22.3 Å². The van der Waals surface area contributed by atoms with E-state index in [4.69, 9.17) is 4.74 Å². The molecule has 9 nitrogen and oxygen atoms in total. The maximum atomic E-state index is 12.5. The zero-order chi connectivity index (χ0) is 25.2. The Bertz CT molecular complexity index is 1230. The molecule has 2 amide bonds. The molecule has 3 N–H and O–H groups in total. The SMILES string of the molecule is Cn1cc(NC(=O)CC(C)(C)CNC(=O)OCC2c3ccccc3-c3ccccc32)c(C(=O)O)n1. The van der Waals surface area contributed by atoms with Gasteiger partial charge in [-0.05, 0) is 27.7 Å². The van der Waals surface area contributed by atoms with Crippen molar-refractivity contribution in [2.75, 3.05) is 18.5 Å². The van der Waals surface area contributed by atoms with Crippen molar-refractivity contribution in [2.45, 2.75) is 26.2 Å². The third kappa shape index (κ3) is 5.34. The number of aromatic nitrogens is 2. The highest BCUT2D eigenvalue weighted by atomic mass is 16.5. The van der Waals surface area contributed by atoms with E-state index in [2.05, 4.69) is 40.0 Å². The number of anilines is 1. The second-order valence-corrected chi connectivity index (χ2v) is 9.44. The number of carboxylic acids is 1. The lowest BCUT2D eigenvalue weighted by molar-refractivity contribution is -0.118. The third-order valence-corrected chi connectivity index (χ3v) is 6.00. The fourth-order valence-electron chi connectivity index (χ4n) is 4.39. The predicted octanol–water partition coefficient (Wildman–Crippen LogP) is 4.01. The van der Waals surface area contributed by atoms with Gasteiger partial charge >= 0.3 is 12.1 Å². The Morgan fingerprint density at radius 3 is 2.26 bits per heavy atom. The molecule has 0 bridgehead atoms. The lowest BCUT2D eigenvalue weighted by Gasteiger charge is -2.24. The Morgan fingerprint density at radius 1 is 1.06 bits per heavy atom. The van der Waals surface area contributed by atoms with Gasteiger partial charge in [0.25, 0.3) is 0 Å². The van der Waals surface area contributed by atoms with Crippen molar-refractivity contribution in [2.24, 2.45) is 12.5 Å². The van der Waals surface area contributed by atoms with Gasteiger partial charge in [0.1, 0.15) is 6.61 Å². The number of carboxylic acid groups (broad SMARTS) is 1. The zero-order valence-corrected chi connectivity index (χ0v) is 19.9. The molecule has 1 aromatic heterocycles. The highest BCUT2D eigenvalue weighted by Gasteiger charge is 2.30. The number of hydrogen-bond acceptors (Lipinski definition) is 5. The van der Waals surface area contributed by atoms with Crippen LogP contribution in [-0.4, -0.2) is 46.0 Å². The van der Waals surface area contributed by atoms with Crippen molar-refractivity contribution < 1.29 is 24.2 Å². The first-order chi connectivity index (χ1) is 16.6. The maximum absolute atomic E-state index is 12.5. The number of ether oxygens (including phenoxy) is 1. The molecule has 1 aliphatic rings. The number of nitrogens with zero attached hydrogens (tertiary/aromatic N) is 2. The number of rotatable bonds is 8. The number of aromatic carboxylic acids is 1. The lowest BCUT2D eigenvalue weighted by Crippen LogP contribution is -2.37. The summed E-state index contributed by atoms with van der Waals surface area (Å²) in [5.74, 6) is -1.63. The van der Waals surface area contributed by atoms with Gasteiger partial charge in [0, 0.05) is 32.1 Å². The Hall–Kier alpha value is -4.14. The van der Waals surface area contributed by atoms with Gasteiger partial charge in [0.2, 0.25) is 5.91 Å². The van der Waals surface area contributed by atoms with Gasteiger partial charge in [0.15, 0.2) is 5.69 Å².